The highest BCUT2D eigenvalue weighted by Gasteiger charge is 2.09. The molecule has 0 radical (unpaired) electrons. The summed E-state index contributed by atoms with van der Waals surface area (Å²) in [6, 6.07) is 10.9. The van der Waals surface area contributed by atoms with Gasteiger partial charge in [0.25, 0.3) is 0 Å². The van der Waals surface area contributed by atoms with Gasteiger partial charge in [-0.1, -0.05) is 35.0 Å². The normalized spacial score (nSPS) is 12.6. The second kappa shape index (κ2) is 6.16. The number of hydrogen-bond acceptors (Lipinski definition) is 2. The van der Waals surface area contributed by atoms with E-state index in [1.165, 1.54) is 5.56 Å². The van der Waals surface area contributed by atoms with Crippen LogP contribution in [0.2, 0.25) is 0 Å². The third kappa shape index (κ3) is 3.43. The van der Waals surface area contributed by atoms with Crippen LogP contribution in [-0.4, -0.2) is 9.78 Å². The molecule has 0 aliphatic rings. The average Bonchev–Trinajstić information content (AvgIpc) is 2.76. The smallest absolute Gasteiger partial charge is 0.0762 e. The predicted octanol–water partition coefficient (Wildman–Crippen LogP) is 3.42. The van der Waals surface area contributed by atoms with E-state index in [1.54, 1.807) is 0 Å². The number of halogens is 1. The van der Waals surface area contributed by atoms with Crippen molar-refractivity contribution < 1.29 is 0 Å². The molecule has 3 nitrogen and oxygen atoms in total. The summed E-state index contributed by atoms with van der Waals surface area (Å²) in [6.45, 7) is 2.99. The van der Waals surface area contributed by atoms with Gasteiger partial charge in [0.2, 0.25) is 0 Å². The summed E-state index contributed by atoms with van der Waals surface area (Å²) in [5, 5.41) is 7.92. The summed E-state index contributed by atoms with van der Waals surface area (Å²) in [5.74, 6) is 0. The summed E-state index contributed by atoms with van der Waals surface area (Å²) in [7, 11) is 1.94. The first-order chi connectivity index (χ1) is 8.69. The molecule has 18 heavy (non-hydrogen) atoms. The third-order valence-electron chi connectivity index (χ3n) is 2.96. The molecule has 1 aromatic heterocycles. The van der Waals surface area contributed by atoms with E-state index in [0.29, 0.717) is 6.04 Å². The number of nitrogens with zero attached hydrogens (tertiary/aromatic N) is 2. The van der Waals surface area contributed by atoms with Crippen LogP contribution in [0.1, 0.15) is 30.6 Å². The van der Waals surface area contributed by atoms with Crippen LogP contribution in [0.15, 0.2) is 41.0 Å². The summed E-state index contributed by atoms with van der Waals surface area (Å²) in [5.41, 5.74) is 2.38. The quantitative estimate of drug-likeness (QED) is 0.917. The molecule has 96 valence electrons. The molecule has 2 aromatic rings. The van der Waals surface area contributed by atoms with Gasteiger partial charge >= 0.3 is 0 Å². The summed E-state index contributed by atoms with van der Waals surface area (Å²) in [6.07, 6.45) is 3.03. The Bertz CT molecular complexity index is 507. The fraction of sp³-hybridized carbons (Fsp3) is 0.357. The zero-order valence-electron chi connectivity index (χ0n) is 10.7. The van der Waals surface area contributed by atoms with Gasteiger partial charge in [-0.15, -0.1) is 0 Å². The summed E-state index contributed by atoms with van der Waals surface area (Å²) >= 11 is 3.52. The largest absolute Gasteiger partial charge is 0.304 e. The molecule has 0 amide bonds. The molecule has 0 bridgehead atoms. The van der Waals surface area contributed by atoms with Crippen LogP contribution in [0, 0.1) is 0 Å². The van der Waals surface area contributed by atoms with Crippen LogP contribution in [-0.2, 0) is 13.6 Å². The highest BCUT2D eigenvalue weighted by Crippen LogP contribution is 2.20. The van der Waals surface area contributed by atoms with Gasteiger partial charge < -0.3 is 5.32 Å². The molecule has 0 saturated heterocycles. The lowest BCUT2D eigenvalue weighted by atomic mass is 10.0. The Morgan fingerprint density at radius 2 is 2.22 bits per heavy atom. The van der Waals surface area contributed by atoms with E-state index in [4.69, 9.17) is 0 Å². The monoisotopic (exact) mass is 307 g/mol. The van der Waals surface area contributed by atoms with Crippen molar-refractivity contribution in [2.75, 3.05) is 0 Å². The van der Waals surface area contributed by atoms with Gasteiger partial charge in [0.05, 0.1) is 5.69 Å². The third-order valence-corrected chi connectivity index (χ3v) is 3.45. The lowest BCUT2D eigenvalue weighted by molar-refractivity contribution is 0.511. The molecule has 4 heteroatoms. The Morgan fingerprint density at radius 3 is 2.83 bits per heavy atom. The van der Waals surface area contributed by atoms with Crippen molar-refractivity contribution in [3.63, 3.8) is 0 Å². The Labute approximate surface area is 116 Å². The minimum Gasteiger partial charge on any atom is -0.304 e. The Hall–Kier alpha value is -1.13. The molecule has 0 fully saturated rings. The van der Waals surface area contributed by atoms with Crippen molar-refractivity contribution in [1.82, 2.24) is 15.1 Å². The Kier molecular flexibility index (Phi) is 4.55. The van der Waals surface area contributed by atoms with Crippen molar-refractivity contribution in [3.8, 4) is 0 Å². The van der Waals surface area contributed by atoms with Crippen LogP contribution >= 0.6 is 15.9 Å². The van der Waals surface area contributed by atoms with Gasteiger partial charge in [-0.3, -0.25) is 4.68 Å². The van der Waals surface area contributed by atoms with Crippen molar-refractivity contribution in [2.45, 2.75) is 25.9 Å². The molecule has 1 N–H and O–H groups in total. The number of aromatic nitrogens is 2. The molecule has 0 saturated carbocycles. The maximum Gasteiger partial charge on any atom is 0.0762 e. The lowest BCUT2D eigenvalue weighted by Gasteiger charge is -2.17. The number of rotatable bonds is 5. The molecular formula is C14H18BrN3. The first-order valence-corrected chi connectivity index (χ1v) is 6.95. The second-order valence-corrected chi connectivity index (χ2v) is 5.29. The van der Waals surface area contributed by atoms with E-state index >= 15 is 0 Å². The standard InChI is InChI=1S/C14H18BrN3/c1-3-14(11-5-4-6-12(15)9-11)16-10-13-7-8-18(2)17-13/h4-9,14,16H,3,10H2,1-2H3. The van der Waals surface area contributed by atoms with Gasteiger partial charge in [0.1, 0.15) is 0 Å². The molecule has 1 heterocycles. The Morgan fingerprint density at radius 1 is 1.39 bits per heavy atom. The number of benzene rings is 1. The van der Waals surface area contributed by atoms with Crippen molar-refractivity contribution in [2.24, 2.45) is 7.05 Å². The number of hydrogen-bond donors (Lipinski definition) is 1. The fourth-order valence-electron chi connectivity index (χ4n) is 2.01. The van der Waals surface area contributed by atoms with Crippen LogP contribution in [0.4, 0.5) is 0 Å². The predicted molar refractivity (Wildman–Crippen MR) is 77.2 cm³/mol. The van der Waals surface area contributed by atoms with E-state index < -0.39 is 0 Å². The molecule has 2 rings (SSSR count). The maximum absolute atomic E-state index is 4.37. The van der Waals surface area contributed by atoms with Crippen LogP contribution in [0.5, 0.6) is 0 Å². The molecule has 0 aliphatic carbocycles. The molecular weight excluding hydrogens is 290 g/mol. The molecule has 1 unspecified atom stereocenters. The Balaban J connectivity index is 2.01. The molecule has 1 aromatic carbocycles. The van der Waals surface area contributed by atoms with E-state index in [0.717, 1.165) is 23.1 Å². The molecule has 0 spiro atoms. The summed E-state index contributed by atoms with van der Waals surface area (Å²) in [4.78, 5) is 0. The lowest BCUT2D eigenvalue weighted by Crippen LogP contribution is -2.20. The average molecular weight is 308 g/mol. The SMILES string of the molecule is CCC(NCc1ccn(C)n1)c1cccc(Br)c1. The number of nitrogens with one attached hydrogen (secondary N) is 1. The van der Waals surface area contributed by atoms with Gasteiger partial charge in [-0.25, -0.2) is 0 Å². The topological polar surface area (TPSA) is 29.9 Å². The van der Waals surface area contributed by atoms with Crippen LogP contribution < -0.4 is 5.32 Å². The van der Waals surface area contributed by atoms with Gasteiger partial charge in [-0.05, 0) is 30.2 Å². The van der Waals surface area contributed by atoms with Crippen molar-refractivity contribution in [3.05, 3.63) is 52.3 Å². The number of aryl methyl sites for hydroxylation is 1. The zero-order chi connectivity index (χ0) is 13.0. The van der Waals surface area contributed by atoms with Crippen molar-refractivity contribution >= 4 is 15.9 Å². The minimum atomic E-state index is 0.365. The van der Waals surface area contributed by atoms with Gasteiger partial charge in [0, 0.05) is 30.3 Å². The minimum absolute atomic E-state index is 0.365. The van der Waals surface area contributed by atoms with Crippen LogP contribution in [0.3, 0.4) is 0 Å². The zero-order valence-corrected chi connectivity index (χ0v) is 12.3. The van der Waals surface area contributed by atoms with Gasteiger partial charge in [-0.2, -0.15) is 5.10 Å². The summed E-state index contributed by atoms with van der Waals surface area (Å²) < 4.78 is 2.95. The first kappa shape index (κ1) is 13.3. The van der Waals surface area contributed by atoms with E-state index in [2.05, 4.69) is 57.5 Å². The van der Waals surface area contributed by atoms with Gasteiger partial charge in [0.15, 0.2) is 0 Å². The van der Waals surface area contributed by atoms with E-state index in [1.807, 2.05) is 24.0 Å². The fourth-order valence-corrected chi connectivity index (χ4v) is 2.42. The highest BCUT2D eigenvalue weighted by molar-refractivity contribution is 9.10. The van der Waals surface area contributed by atoms with E-state index in [9.17, 15) is 0 Å². The highest BCUT2D eigenvalue weighted by atomic mass is 79.9. The maximum atomic E-state index is 4.37. The molecule has 0 aliphatic heterocycles. The van der Waals surface area contributed by atoms with Crippen molar-refractivity contribution in [1.29, 1.82) is 0 Å². The molecule has 1 atom stereocenters. The second-order valence-electron chi connectivity index (χ2n) is 4.38. The van der Waals surface area contributed by atoms with E-state index in [-0.39, 0.29) is 0 Å². The first-order valence-electron chi connectivity index (χ1n) is 6.16. The van der Waals surface area contributed by atoms with Crippen LogP contribution in [0.25, 0.3) is 0 Å².